The maximum absolute atomic E-state index is 12.3. The number of carbonyl (C=O) groups is 1. The second-order valence-electron chi connectivity index (χ2n) is 5.39. The van der Waals surface area contributed by atoms with Crippen LogP contribution in [-0.4, -0.2) is 51.9 Å². The van der Waals surface area contributed by atoms with Gasteiger partial charge in [0.05, 0.1) is 5.69 Å². The molecule has 25 heavy (non-hydrogen) atoms. The van der Waals surface area contributed by atoms with Crippen molar-refractivity contribution in [1.82, 2.24) is 20.0 Å². The molecule has 0 aliphatic rings. The van der Waals surface area contributed by atoms with Crippen LogP contribution in [0.15, 0.2) is 39.6 Å². The Bertz CT molecular complexity index is 785. The summed E-state index contributed by atoms with van der Waals surface area (Å²) < 4.78 is 1.95. The fraction of sp³-hybridized carbons (Fsp3) is 0.353. The van der Waals surface area contributed by atoms with Gasteiger partial charge in [0.25, 0.3) is 11.5 Å². The zero-order valence-electron chi connectivity index (χ0n) is 14.2. The number of aromatic hydroxyl groups is 1. The van der Waals surface area contributed by atoms with Crippen molar-refractivity contribution in [2.75, 3.05) is 26.2 Å². The van der Waals surface area contributed by atoms with Crippen LogP contribution in [0.4, 0.5) is 0 Å². The molecule has 0 spiro atoms. The molecule has 0 aliphatic carbocycles. The van der Waals surface area contributed by atoms with E-state index in [1.54, 1.807) is 24.3 Å². The lowest BCUT2D eigenvalue weighted by Crippen LogP contribution is -2.36. The summed E-state index contributed by atoms with van der Waals surface area (Å²) >= 11 is 3.32. The number of rotatable bonds is 7. The molecule has 0 bridgehead atoms. The van der Waals surface area contributed by atoms with Crippen molar-refractivity contribution >= 4 is 21.8 Å². The molecule has 0 saturated heterocycles. The average Bonchev–Trinajstić information content (AvgIpc) is 2.59. The van der Waals surface area contributed by atoms with Crippen molar-refractivity contribution < 1.29 is 9.90 Å². The Morgan fingerprint density at radius 1 is 1.28 bits per heavy atom. The molecule has 2 aromatic rings. The second-order valence-corrected chi connectivity index (χ2v) is 6.30. The van der Waals surface area contributed by atoms with E-state index < -0.39 is 17.2 Å². The van der Waals surface area contributed by atoms with Gasteiger partial charge < -0.3 is 15.3 Å². The van der Waals surface area contributed by atoms with Crippen LogP contribution in [0.2, 0.25) is 0 Å². The molecule has 2 rings (SSSR count). The minimum atomic E-state index is -0.518. The smallest absolute Gasteiger partial charge is 0.275 e. The quantitative estimate of drug-likeness (QED) is 0.728. The number of likely N-dealkylation sites (N-methyl/N-ethyl adjacent to an activating group) is 1. The van der Waals surface area contributed by atoms with Gasteiger partial charge in [0.15, 0.2) is 11.4 Å². The van der Waals surface area contributed by atoms with E-state index in [0.29, 0.717) is 18.8 Å². The fourth-order valence-electron chi connectivity index (χ4n) is 2.33. The Morgan fingerprint density at radius 3 is 2.52 bits per heavy atom. The Labute approximate surface area is 154 Å². The molecule has 1 aromatic carbocycles. The van der Waals surface area contributed by atoms with Crippen LogP contribution >= 0.6 is 15.9 Å². The number of hydrogen-bond donors (Lipinski definition) is 2. The number of hydrogen-bond acceptors (Lipinski definition) is 5. The molecule has 1 amide bonds. The molecular weight excluding hydrogens is 388 g/mol. The van der Waals surface area contributed by atoms with Gasteiger partial charge in [-0.25, -0.2) is 0 Å². The first kappa shape index (κ1) is 19.1. The van der Waals surface area contributed by atoms with Crippen molar-refractivity contribution in [1.29, 1.82) is 0 Å². The maximum atomic E-state index is 12.3. The molecule has 0 aliphatic heterocycles. The van der Waals surface area contributed by atoms with Crippen LogP contribution in [0.5, 0.6) is 5.75 Å². The standard InChI is InChI=1S/C17H21BrN4O3/c1-3-21(4-2)10-9-19-17(25)16-14(23)11-15(24)22(20-16)13-7-5-12(18)6-8-13/h5-8,11,23H,3-4,9-10H2,1-2H3,(H,19,25). The van der Waals surface area contributed by atoms with Crippen LogP contribution in [0, 0.1) is 0 Å². The summed E-state index contributed by atoms with van der Waals surface area (Å²) in [6.07, 6.45) is 0. The first-order chi connectivity index (χ1) is 12.0. The number of aromatic nitrogens is 2. The fourth-order valence-corrected chi connectivity index (χ4v) is 2.59. The number of benzene rings is 1. The van der Waals surface area contributed by atoms with Gasteiger partial charge in [-0.15, -0.1) is 0 Å². The number of carbonyl (C=O) groups excluding carboxylic acids is 1. The normalized spacial score (nSPS) is 10.9. The first-order valence-electron chi connectivity index (χ1n) is 8.06. The van der Waals surface area contributed by atoms with Gasteiger partial charge in [0.1, 0.15) is 0 Å². The highest BCUT2D eigenvalue weighted by molar-refractivity contribution is 9.10. The minimum absolute atomic E-state index is 0.179. The molecule has 0 atom stereocenters. The highest BCUT2D eigenvalue weighted by atomic mass is 79.9. The van der Waals surface area contributed by atoms with Crippen molar-refractivity contribution in [2.45, 2.75) is 13.8 Å². The number of amides is 1. The predicted molar refractivity (Wildman–Crippen MR) is 99.3 cm³/mol. The third kappa shape index (κ3) is 4.90. The SMILES string of the molecule is CCN(CC)CCNC(=O)c1nn(-c2ccc(Br)cc2)c(=O)cc1O. The number of nitrogens with one attached hydrogen (secondary N) is 1. The van der Waals surface area contributed by atoms with E-state index in [9.17, 15) is 14.7 Å². The molecule has 7 nitrogen and oxygen atoms in total. The van der Waals surface area contributed by atoms with E-state index in [2.05, 4.69) is 31.2 Å². The van der Waals surface area contributed by atoms with Crippen LogP contribution in [0.1, 0.15) is 24.3 Å². The molecule has 0 radical (unpaired) electrons. The van der Waals surface area contributed by atoms with Crippen LogP contribution in [0.25, 0.3) is 5.69 Å². The van der Waals surface area contributed by atoms with E-state index in [1.165, 1.54) is 0 Å². The molecule has 134 valence electrons. The Morgan fingerprint density at radius 2 is 1.92 bits per heavy atom. The van der Waals surface area contributed by atoms with E-state index in [1.807, 2.05) is 13.8 Å². The Hall–Kier alpha value is -2.19. The van der Waals surface area contributed by atoms with Crippen LogP contribution in [-0.2, 0) is 0 Å². The molecule has 1 heterocycles. The van der Waals surface area contributed by atoms with Gasteiger partial charge >= 0.3 is 0 Å². The summed E-state index contributed by atoms with van der Waals surface area (Å²) in [4.78, 5) is 26.5. The lowest BCUT2D eigenvalue weighted by Gasteiger charge is -2.18. The predicted octanol–water partition coefficient (Wildman–Crippen LogP) is 1.77. The number of halogens is 1. The zero-order valence-corrected chi connectivity index (χ0v) is 15.8. The van der Waals surface area contributed by atoms with Crippen molar-refractivity contribution in [3.8, 4) is 11.4 Å². The summed E-state index contributed by atoms with van der Waals surface area (Å²) in [5, 5.41) is 16.7. The summed E-state index contributed by atoms with van der Waals surface area (Å²) in [5.74, 6) is -0.950. The van der Waals surface area contributed by atoms with Crippen LogP contribution in [0.3, 0.4) is 0 Å². The summed E-state index contributed by atoms with van der Waals surface area (Å²) in [6, 6.07) is 7.91. The van der Waals surface area contributed by atoms with E-state index in [-0.39, 0.29) is 5.69 Å². The second kappa shape index (κ2) is 8.77. The number of nitrogens with zero attached hydrogens (tertiary/aromatic N) is 3. The highest BCUT2D eigenvalue weighted by Crippen LogP contribution is 2.15. The molecule has 0 saturated carbocycles. The maximum Gasteiger partial charge on any atom is 0.275 e. The van der Waals surface area contributed by atoms with Crippen LogP contribution < -0.4 is 10.9 Å². The summed E-state index contributed by atoms with van der Waals surface area (Å²) in [5.41, 5.74) is -0.188. The van der Waals surface area contributed by atoms with Gasteiger partial charge in [-0.3, -0.25) is 9.59 Å². The van der Waals surface area contributed by atoms with Gasteiger partial charge in [-0.1, -0.05) is 29.8 Å². The molecule has 8 heteroatoms. The Kier molecular flexibility index (Phi) is 6.72. The largest absolute Gasteiger partial charge is 0.505 e. The molecule has 2 N–H and O–H groups in total. The van der Waals surface area contributed by atoms with Gasteiger partial charge in [-0.05, 0) is 37.4 Å². The molecular formula is C17H21BrN4O3. The van der Waals surface area contributed by atoms with Crippen molar-refractivity contribution in [2.24, 2.45) is 0 Å². The summed E-state index contributed by atoms with van der Waals surface area (Å²) in [7, 11) is 0. The van der Waals surface area contributed by atoms with Gasteiger partial charge in [-0.2, -0.15) is 9.78 Å². The first-order valence-corrected chi connectivity index (χ1v) is 8.85. The van der Waals surface area contributed by atoms with E-state index in [4.69, 9.17) is 0 Å². The van der Waals surface area contributed by atoms with Crippen molar-refractivity contribution in [3.05, 3.63) is 50.9 Å². The summed E-state index contributed by atoms with van der Waals surface area (Å²) in [6.45, 7) is 7.01. The highest BCUT2D eigenvalue weighted by Gasteiger charge is 2.16. The molecule has 0 fully saturated rings. The monoisotopic (exact) mass is 408 g/mol. The molecule has 1 aromatic heterocycles. The lowest BCUT2D eigenvalue weighted by molar-refractivity contribution is 0.0939. The zero-order chi connectivity index (χ0) is 18.4. The van der Waals surface area contributed by atoms with Gasteiger partial charge in [0.2, 0.25) is 0 Å². The Balaban J connectivity index is 2.20. The minimum Gasteiger partial charge on any atom is -0.505 e. The molecule has 0 unspecified atom stereocenters. The average molecular weight is 409 g/mol. The van der Waals surface area contributed by atoms with E-state index >= 15 is 0 Å². The lowest BCUT2D eigenvalue weighted by atomic mass is 10.3. The third-order valence-corrected chi connectivity index (χ3v) is 4.33. The third-order valence-electron chi connectivity index (χ3n) is 3.81. The van der Waals surface area contributed by atoms with Crippen molar-refractivity contribution in [3.63, 3.8) is 0 Å². The topological polar surface area (TPSA) is 87.5 Å². The van der Waals surface area contributed by atoms with E-state index in [0.717, 1.165) is 28.3 Å². The van der Waals surface area contributed by atoms with Gasteiger partial charge in [0, 0.05) is 23.6 Å².